The summed E-state index contributed by atoms with van der Waals surface area (Å²) in [7, 11) is -7.32. The number of piperidine rings is 1. The maximum atomic E-state index is 13.7. The summed E-state index contributed by atoms with van der Waals surface area (Å²) in [5.74, 6) is 0.396. The van der Waals surface area contributed by atoms with E-state index in [2.05, 4.69) is 5.32 Å². The molecule has 2 aromatic carbocycles. The third-order valence-electron chi connectivity index (χ3n) is 9.19. The van der Waals surface area contributed by atoms with Crippen LogP contribution in [0.25, 0.3) is 10.9 Å². The summed E-state index contributed by atoms with van der Waals surface area (Å²) in [6, 6.07) is 11.8. The van der Waals surface area contributed by atoms with E-state index in [1.54, 1.807) is 24.3 Å². The topological polar surface area (TPSA) is 144 Å². The van der Waals surface area contributed by atoms with Crippen molar-refractivity contribution in [3.8, 4) is 5.75 Å². The highest BCUT2D eigenvalue weighted by atomic mass is 32.2. The van der Waals surface area contributed by atoms with E-state index < -0.39 is 37.0 Å². The van der Waals surface area contributed by atoms with E-state index in [0.29, 0.717) is 56.4 Å². The van der Waals surface area contributed by atoms with Crippen LogP contribution in [0.3, 0.4) is 0 Å². The number of hydrogen-bond acceptors (Lipinski definition) is 9. The predicted molar refractivity (Wildman–Crippen MR) is 170 cm³/mol. The Labute approximate surface area is 264 Å². The number of sulfone groups is 1. The Balaban J connectivity index is 1.01. The molecule has 1 spiro atoms. The van der Waals surface area contributed by atoms with Gasteiger partial charge in [-0.1, -0.05) is 12.1 Å². The van der Waals surface area contributed by atoms with E-state index in [-0.39, 0.29) is 47.3 Å². The smallest absolute Gasteiger partial charge is 0.248 e. The van der Waals surface area contributed by atoms with Crippen LogP contribution in [-0.2, 0) is 31.1 Å². The van der Waals surface area contributed by atoms with Crippen LogP contribution in [-0.4, -0.2) is 86.7 Å². The monoisotopic (exact) mass is 659 g/mol. The number of hydrogen-bond donors (Lipinski definition) is 2. The molecule has 2 saturated heterocycles. The van der Waals surface area contributed by atoms with Crippen LogP contribution in [0.15, 0.2) is 63.2 Å². The van der Waals surface area contributed by atoms with Crippen molar-refractivity contribution >= 4 is 30.8 Å². The number of pyridine rings is 1. The quantitative estimate of drug-likeness (QED) is 0.318. The van der Waals surface area contributed by atoms with E-state index >= 15 is 0 Å². The van der Waals surface area contributed by atoms with Gasteiger partial charge in [0.25, 0.3) is 0 Å². The van der Waals surface area contributed by atoms with Crippen molar-refractivity contribution in [2.24, 2.45) is 0 Å². The van der Waals surface area contributed by atoms with Gasteiger partial charge in [-0.3, -0.25) is 4.79 Å². The summed E-state index contributed by atoms with van der Waals surface area (Å²) in [5, 5.41) is 13.9. The maximum absolute atomic E-state index is 13.7. The van der Waals surface area contributed by atoms with Gasteiger partial charge in [0.15, 0.2) is 9.84 Å². The van der Waals surface area contributed by atoms with E-state index in [1.165, 1.54) is 16.6 Å². The Bertz CT molecular complexity index is 1850. The van der Waals surface area contributed by atoms with Gasteiger partial charge in [-0.2, -0.15) is 4.31 Å². The van der Waals surface area contributed by atoms with Crippen molar-refractivity contribution in [2.75, 3.05) is 32.8 Å². The predicted octanol–water partition coefficient (Wildman–Crippen LogP) is 2.61. The summed E-state index contributed by atoms with van der Waals surface area (Å²) in [6.07, 6.45) is 3.71. The molecule has 3 fully saturated rings. The highest BCUT2D eigenvalue weighted by Crippen LogP contribution is 2.37. The second kappa shape index (κ2) is 12.4. The number of nitrogens with one attached hydrogen (secondary N) is 1. The molecule has 2 aliphatic heterocycles. The van der Waals surface area contributed by atoms with Crippen LogP contribution in [0, 0.1) is 6.92 Å². The largest absolute Gasteiger partial charge is 0.491 e. The molecule has 6 rings (SSSR count). The zero-order chi connectivity index (χ0) is 32.0. The minimum Gasteiger partial charge on any atom is -0.491 e. The number of ether oxygens (including phenoxy) is 2. The first-order valence-corrected chi connectivity index (χ1v) is 18.6. The summed E-state index contributed by atoms with van der Waals surface area (Å²) >= 11 is 0. The number of aliphatic hydroxyl groups excluding tert-OH is 1. The lowest BCUT2D eigenvalue weighted by Gasteiger charge is -2.38. The number of sulfonamides is 1. The molecular weight excluding hydrogens is 618 g/mol. The highest BCUT2D eigenvalue weighted by Gasteiger charge is 2.45. The molecule has 1 aromatic heterocycles. The van der Waals surface area contributed by atoms with E-state index in [0.717, 1.165) is 11.1 Å². The molecule has 2 N–H and O–H groups in total. The lowest BCUT2D eigenvalue weighted by Crippen LogP contribution is -2.47. The third kappa shape index (κ3) is 6.56. The van der Waals surface area contributed by atoms with E-state index in [4.69, 9.17) is 9.47 Å². The van der Waals surface area contributed by atoms with Crippen LogP contribution < -0.4 is 15.5 Å². The Kier molecular flexibility index (Phi) is 8.87. The van der Waals surface area contributed by atoms with Gasteiger partial charge < -0.3 is 24.5 Å². The van der Waals surface area contributed by atoms with Gasteiger partial charge in [-0.05, 0) is 81.8 Å². The van der Waals surface area contributed by atoms with Crippen molar-refractivity contribution in [3.05, 3.63) is 64.4 Å². The first-order valence-electron chi connectivity index (χ1n) is 15.6. The number of fused-ring (bicyclic) bond motifs is 1. The van der Waals surface area contributed by atoms with Crippen LogP contribution in [0.5, 0.6) is 5.75 Å². The molecule has 1 saturated carbocycles. The molecule has 0 amide bonds. The minimum absolute atomic E-state index is 0.000415. The van der Waals surface area contributed by atoms with Crippen LogP contribution >= 0.6 is 0 Å². The summed E-state index contributed by atoms with van der Waals surface area (Å²) in [4.78, 5) is 13.4. The fourth-order valence-electron chi connectivity index (χ4n) is 6.38. The SMILES string of the molecule is CCn1cc(S(=O)(=O)N2CCC3(CC2)CC(NCC(O)COc2cccc(S(=O)(=O)C4CC4)c2)CO3)c(=O)c2ccc(C)cc21. The van der Waals surface area contributed by atoms with Crippen LogP contribution in [0.4, 0.5) is 0 Å². The summed E-state index contributed by atoms with van der Waals surface area (Å²) in [5.41, 5.74) is 0.776. The van der Waals surface area contributed by atoms with Gasteiger partial charge in [-0.15, -0.1) is 0 Å². The Hall–Kier alpha value is -2.81. The molecule has 2 unspecified atom stereocenters. The zero-order valence-electron chi connectivity index (χ0n) is 25.6. The molecule has 0 radical (unpaired) electrons. The van der Waals surface area contributed by atoms with Gasteiger partial charge in [-0.25, -0.2) is 16.8 Å². The fraction of sp³-hybridized carbons (Fsp3) is 0.531. The zero-order valence-corrected chi connectivity index (χ0v) is 27.3. The molecule has 45 heavy (non-hydrogen) atoms. The molecule has 2 atom stereocenters. The van der Waals surface area contributed by atoms with E-state index in [1.807, 2.05) is 30.5 Å². The number of aryl methyl sites for hydroxylation is 2. The summed E-state index contributed by atoms with van der Waals surface area (Å²) < 4.78 is 67.5. The highest BCUT2D eigenvalue weighted by molar-refractivity contribution is 7.92. The van der Waals surface area contributed by atoms with Gasteiger partial charge in [0.05, 0.1) is 27.9 Å². The first-order chi connectivity index (χ1) is 21.4. The number of aromatic nitrogens is 1. The lowest BCUT2D eigenvalue weighted by molar-refractivity contribution is -0.0312. The van der Waals surface area contributed by atoms with Crippen molar-refractivity contribution in [1.82, 2.24) is 14.2 Å². The average molecular weight is 660 g/mol. The van der Waals surface area contributed by atoms with Crippen molar-refractivity contribution < 1.29 is 31.4 Å². The number of aliphatic hydroxyl groups is 1. The molecule has 0 bridgehead atoms. The standard InChI is InChI=1S/C32H41N3O8S2/c1-3-34-19-30(31(37)28-10-7-22(2)15-29(28)34)45(40,41)35-13-11-32(12-14-35)17-23(20-43-32)33-18-24(36)21-42-25-5-4-6-27(16-25)44(38,39)26-8-9-26/h4-7,10,15-16,19,23-24,26,33,36H,3,8-9,11-14,17-18,20-21H2,1-2H3. The average Bonchev–Trinajstić information content (AvgIpc) is 3.82. The molecule has 3 heterocycles. The van der Waals surface area contributed by atoms with Crippen molar-refractivity contribution in [1.29, 1.82) is 0 Å². The number of nitrogens with zero attached hydrogens (tertiary/aromatic N) is 2. The second-order valence-electron chi connectivity index (χ2n) is 12.5. The molecule has 1 aliphatic carbocycles. The lowest BCUT2D eigenvalue weighted by atomic mass is 9.88. The molecule has 244 valence electrons. The Morgan fingerprint density at radius 1 is 1.11 bits per heavy atom. The third-order valence-corrected chi connectivity index (χ3v) is 13.3. The van der Waals surface area contributed by atoms with E-state index in [9.17, 15) is 26.7 Å². The molecule has 11 nitrogen and oxygen atoms in total. The molecular formula is C32H41N3O8S2. The number of rotatable bonds is 11. The first kappa shape index (κ1) is 32.1. The Morgan fingerprint density at radius 3 is 2.58 bits per heavy atom. The minimum atomic E-state index is -4.00. The molecule has 3 aliphatic rings. The van der Waals surface area contributed by atoms with Gasteiger partial charge >= 0.3 is 0 Å². The van der Waals surface area contributed by atoms with Gasteiger partial charge in [0.1, 0.15) is 23.4 Å². The number of benzene rings is 2. The maximum Gasteiger partial charge on any atom is 0.248 e. The Morgan fingerprint density at radius 2 is 1.87 bits per heavy atom. The van der Waals surface area contributed by atoms with Crippen LogP contribution in [0.2, 0.25) is 0 Å². The summed E-state index contributed by atoms with van der Waals surface area (Å²) in [6.45, 7) is 5.59. The normalized spacial score (nSPS) is 21.4. The molecule has 3 aromatic rings. The fourth-order valence-corrected chi connectivity index (χ4v) is 9.62. The second-order valence-corrected chi connectivity index (χ2v) is 16.7. The van der Waals surface area contributed by atoms with Gasteiger partial charge in [0.2, 0.25) is 15.5 Å². The van der Waals surface area contributed by atoms with Gasteiger partial charge in [0, 0.05) is 43.8 Å². The molecule has 13 heteroatoms. The van der Waals surface area contributed by atoms with Crippen LogP contribution in [0.1, 0.15) is 44.6 Å². The van der Waals surface area contributed by atoms with Crippen molar-refractivity contribution in [2.45, 2.75) is 85.3 Å². The van der Waals surface area contributed by atoms with Crippen molar-refractivity contribution in [3.63, 3.8) is 0 Å².